The Labute approximate surface area is 207 Å². The zero-order valence-corrected chi connectivity index (χ0v) is 19.7. The molecule has 7 nitrogen and oxygen atoms in total. The topological polar surface area (TPSA) is 109 Å². The monoisotopic (exact) mass is 480 g/mol. The molecule has 0 fully saturated rings. The lowest BCUT2D eigenvalue weighted by Gasteiger charge is -2.09. The minimum Gasteiger partial charge on any atom is -0.397 e. The number of carbonyl (C=O) groups is 1. The van der Waals surface area contributed by atoms with Crippen molar-refractivity contribution < 1.29 is 4.79 Å². The van der Waals surface area contributed by atoms with Gasteiger partial charge in [0.15, 0.2) is 5.16 Å². The summed E-state index contributed by atoms with van der Waals surface area (Å²) in [7, 11) is 0. The lowest BCUT2D eigenvalue weighted by molar-refractivity contribution is 0.102. The fourth-order valence-corrected chi connectivity index (χ4v) is 4.40. The van der Waals surface area contributed by atoms with Gasteiger partial charge in [-0.2, -0.15) is 0 Å². The normalized spacial score (nSPS) is 10.9. The highest BCUT2D eigenvalue weighted by Crippen LogP contribution is 2.25. The molecule has 0 bridgehead atoms. The highest BCUT2D eigenvalue weighted by molar-refractivity contribution is 7.98. The van der Waals surface area contributed by atoms with Gasteiger partial charge < -0.3 is 21.4 Å². The van der Waals surface area contributed by atoms with Gasteiger partial charge in [0, 0.05) is 35.9 Å². The Bertz CT molecular complexity index is 1450. The molecule has 0 aliphatic heterocycles. The van der Waals surface area contributed by atoms with Crippen molar-refractivity contribution in [3.05, 3.63) is 108 Å². The number of nitrogens with one attached hydrogen (secondary N) is 3. The van der Waals surface area contributed by atoms with E-state index in [0.717, 1.165) is 38.8 Å². The molecule has 8 heteroatoms. The molecule has 174 valence electrons. The van der Waals surface area contributed by atoms with Crippen LogP contribution in [0, 0.1) is 0 Å². The second-order valence-electron chi connectivity index (χ2n) is 8.02. The van der Waals surface area contributed by atoms with Gasteiger partial charge in [0.2, 0.25) is 0 Å². The fraction of sp³-hybridized carbons (Fsp3) is 0.0741. The lowest BCUT2D eigenvalue weighted by Crippen LogP contribution is -2.13. The van der Waals surface area contributed by atoms with Crippen molar-refractivity contribution in [3.63, 3.8) is 0 Å². The van der Waals surface area contributed by atoms with E-state index >= 15 is 0 Å². The molecule has 1 amide bonds. The van der Waals surface area contributed by atoms with Crippen molar-refractivity contribution in [2.24, 2.45) is 0 Å². The molecular formula is C27H24N6OS. The number of nitrogens with two attached hydrogens (primary N) is 1. The first-order valence-electron chi connectivity index (χ1n) is 11.1. The van der Waals surface area contributed by atoms with E-state index in [0.29, 0.717) is 23.5 Å². The quantitative estimate of drug-likeness (QED) is 0.168. The Morgan fingerprint density at radius 2 is 1.83 bits per heavy atom. The average molecular weight is 481 g/mol. The smallest absolute Gasteiger partial charge is 0.255 e. The van der Waals surface area contributed by atoms with Gasteiger partial charge in [0.1, 0.15) is 0 Å². The molecule has 2 aromatic heterocycles. The fourth-order valence-electron chi connectivity index (χ4n) is 3.58. The van der Waals surface area contributed by atoms with Crippen LogP contribution in [0.25, 0.3) is 11.0 Å². The molecule has 0 aliphatic carbocycles. The average Bonchev–Trinajstić information content (AvgIpc) is 3.31. The second-order valence-corrected chi connectivity index (χ2v) is 8.98. The van der Waals surface area contributed by atoms with Crippen LogP contribution in [0.1, 0.15) is 21.5 Å². The maximum absolute atomic E-state index is 12.5. The third kappa shape index (κ3) is 5.62. The van der Waals surface area contributed by atoms with E-state index in [4.69, 9.17) is 10.7 Å². The number of para-hydroxylation sites is 2. The zero-order valence-electron chi connectivity index (χ0n) is 18.9. The molecule has 35 heavy (non-hydrogen) atoms. The summed E-state index contributed by atoms with van der Waals surface area (Å²) in [5.41, 5.74) is 12.7. The van der Waals surface area contributed by atoms with Gasteiger partial charge in [-0.1, -0.05) is 42.1 Å². The standard InChI is InChI=1S/C27H24N6OS/c28-22-5-1-2-6-23(22)31-26(34)20-9-7-18(8-10-20)16-30-21-11-12-24-25(14-21)33-27(32-24)35-17-19-4-3-13-29-15-19/h1-15,30H,16-17,28H2,(H,31,34)(H,32,33). The van der Waals surface area contributed by atoms with E-state index in [1.54, 1.807) is 30.1 Å². The molecule has 0 atom stereocenters. The molecule has 0 radical (unpaired) electrons. The summed E-state index contributed by atoms with van der Waals surface area (Å²) in [5, 5.41) is 7.16. The summed E-state index contributed by atoms with van der Waals surface area (Å²) in [6.07, 6.45) is 3.65. The number of hydrogen-bond donors (Lipinski definition) is 4. The number of nitrogens with zero attached hydrogens (tertiary/aromatic N) is 2. The number of rotatable bonds is 8. The van der Waals surface area contributed by atoms with Crippen LogP contribution in [-0.4, -0.2) is 20.9 Å². The maximum atomic E-state index is 12.5. The van der Waals surface area contributed by atoms with Gasteiger partial charge in [0.25, 0.3) is 5.91 Å². The van der Waals surface area contributed by atoms with Crippen LogP contribution in [0.2, 0.25) is 0 Å². The number of anilines is 3. The Balaban J connectivity index is 1.18. The number of carbonyl (C=O) groups excluding carboxylic acids is 1. The largest absolute Gasteiger partial charge is 0.397 e. The number of benzene rings is 3. The Morgan fingerprint density at radius 1 is 0.971 bits per heavy atom. The molecule has 0 unspecified atom stereocenters. The summed E-state index contributed by atoms with van der Waals surface area (Å²) in [6, 6.07) is 24.8. The van der Waals surface area contributed by atoms with Gasteiger partial charge in [-0.05, 0) is 59.7 Å². The molecule has 5 aromatic rings. The SMILES string of the molecule is Nc1ccccc1NC(=O)c1ccc(CNc2ccc3[nH]c(SCc4cccnc4)nc3c2)cc1. The molecule has 2 heterocycles. The molecular weight excluding hydrogens is 456 g/mol. The van der Waals surface area contributed by atoms with E-state index in [-0.39, 0.29) is 5.91 Å². The van der Waals surface area contributed by atoms with Crippen LogP contribution < -0.4 is 16.4 Å². The Kier molecular flexibility index (Phi) is 6.63. The van der Waals surface area contributed by atoms with Crippen molar-refractivity contribution in [1.29, 1.82) is 0 Å². The molecule has 5 rings (SSSR count). The van der Waals surface area contributed by atoms with Gasteiger partial charge >= 0.3 is 0 Å². The third-order valence-electron chi connectivity index (χ3n) is 5.48. The summed E-state index contributed by atoms with van der Waals surface area (Å²) >= 11 is 1.65. The maximum Gasteiger partial charge on any atom is 0.255 e. The predicted octanol–water partition coefficient (Wildman–Crippen LogP) is 5.70. The molecule has 0 spiro atoms. The van der Waals surface area contributed by atoms with Crippen molar-refractivity contribution >= 4 is 45.8 Å². The number of thioether (sulfide) groups is 1. The minimum absolute atomic E-state index is 0.191. The zero-order chi connectivity index (χ0) is 24.0. The van der Waals surface area contributed by atoms with E-state index in [2.05, 4.69) is 26.7 Å². The number of aromatic nitrogens is 3. The number of imidazole rings is 1. The summed E-state index contributed by atoms with van der Waals surface area (Å²) in [4.78, 5) is 24.7. The lowest BCUT2D eigenvalue weighted by atomic mass is 10.1. The Morgan fingerprint density at radius 3 is 2.63 bits per heavy atom. The molecule has 0 saturated heterocycles. The number of fused-ring (bicyclic) bond motifs is 1. The van der Waals surface area contributed by atoms with Crippen LogP contribution >= 0.6 is 11.8 Å². The molecule has 3 aromatic carbocycles. The Hall–Kier alpha value is -4.30. The highest BCUT2D eigenvalue weighted by atomic mass is 32.2. The second kappa shape index (κ2) is 10.3. The first kappa shape index (κ1) is 22.5. The first-order valence-corrected chi connectivity index (χ1v) is 12.1. The molecule has 0 aliphatic rings. The van der Waals surface area contributed by atoms with Crippen LogP contribution in [0.15, 0.2) is 96.4 Å². The number of H-pyrrole nitrogens is 1. The van der Waals surface area contributed by atoms with Gasteiger partial charge in [-0.15, -0.1) is 0 Å². The van der Waals surface area contributed by atoms with Crippen molar-refractivity contribution in [2.45, 2.75) is 17.5 Å². The number of amides is 1. The summed E-state index contributed by atoms with van der Waals surface area (Å²) < 4.78 is 0. The predicted molar refractivity (Wildman–Crippen MR) is 142 cm³/mol. The number of nitrogen functional groups attached to an aromatic ring is 1. The number of aromatic amines is 1. The number of pyridine rings is 1. The van der Waals surface area contributed by atoms with Crippen LogP contribution in [0.5, 0.6) is 0 Å². The molecule has 0 saturated carbocycles. The van der Waals surface area contributed by atoms with E-state index in [9.17, 15) is 4.79 Å². The van der Waals surface area contributed by atoms with Crippen molar-refractivity contribution in [2.75, 3.05) is 16.4 Å². The highest BCUT2D eigenvalue weighted by Gasteiger charge is 2.09. The summed E-state index contributed by atoms with van der Waals surface area (Å²) in [6.45, 7) is 0.631. The van der Waals surface area contributed by atoms with Crippen LogP contribution in [-0.2, 0) is 12.3 Å². The molecule has 5 N–H and O–H groups in total. The van der Waals surface area contributed by atoms with E-state index in [1.807, 2.05) is 66.9 Å². The minimum atomic E-state index is -0.191. The third-order valence-corrected chi connectivity index (χ3v) is 6.43. The van der Waals surface area contributed by atoms with Crippen LogP contribution in [0.3, 0.4) is 0 Å². The van der Waals surface area contributed by atoms with Gasteiger partial charge in [-0.25, -0.2) is 4.98 Å². The van der Waals surface area contributed by atoms with Crippen LogP contribution in [0.4, 0.5) is 17.1 Å². The van der Waals surface area contributed by atoms with Gasteiger partial charge in [0.05, 0.1) is 22.4 Å². The number of hydrogen-bond acceptors (Lipinski definition) is 6. The van der Waals surface area contributed by atoms with E-state index in [1.165, 1.54) is 0 Å². The van der Waals surface area contributed by atoms with Gasteiger partial charge in [-0.3, -0.25) is 9.78 Å². The summed E-state index contributed by atoms with van der Waals surface area (Å²) in [5.74, 6) is 0.620. The van der Waals surface area contributed by atoms with Crippen molar-refractivity contribution in [1.82, 2.24) is 15.0 Å². The van der Waals surface area contributed by atoms with E-state index < -0.39 is 0 Å². The van der Waals surface area contributed by atoms with Crippen molar-refractivity contribution in [3.8, 4) is 0 Å². The first-order chi connectivity index (χ1) is 17.1.